The fraction of sp³-hybridized carbons (Fsp3) is 0.125. The molecule has 3 heterocycles. The second-order valence-electron chi connectivity index (χ2n) is 7.62. The third-order valence-electron chi connectivity index (χ3n) is 5.24. The molecule has 0 radical (unpaired) electrons. The second kappa shape index (κ2) is 8.95. The van der Waals surface area contributed by atoms with Gasteiger partial charge in [0.25, 0.3) is 0 Å². The number of halogens is 1. The first-order valence-electron chi connectivity index (χ1n) is 10.5. The summed E-state index contributed by atoms with van der Waals surface area (Å²) in [6, 6.07) is 16.5. The van der Waals surface area contributed by atoms with Crippen molar-refractivity contribution in [3.05, 3.63) is 83.4 Å². The van der Waals surface area contributed by atoms with Gasteiger partial charge in [-0.15, -0.1) is 0 Å². The fourth-order valence-corrected chi connectivity index (χ4v) is 3.76. The third-order valence-corrected chi connectivity index (χ3v) is 5.49. The monoisotopic (exact) mass is 473 g/mol. The standard InChI is InChI=1S/C24H20ClN7O2/c1-15-11-21(29-22(33)12-16-3-9-19(34-2)10-4-16)32(30-15)24-20-13-28-31(23(20)26-14-27-24)18-7-5-17(25)6-8-18/h3-11,13-14H,12H2,1-2H3,(H,29,33). The number of carbonyl (C=O) groups is 1. The highest BCUT2D eigenvalue weighted by Crippen LogP contribution is 2.25. The van der Waals surface area contributed by atoms with Crippen molar-refractivity contribution in [1.82, 2.24) is 29.5 Å². The van der Waals surface area contributed by atoms with Crippen LogP contribution in [0.25, 0.3) is 22.5 Å². The molecule has 9 nitrogen and oxygen atoms in total. The van der Waals surface area contributed by atoms with E-state index in [2.05, 4.69) is 25.5 Å². The molecule has 2 aromatic carbocycles. The highest BCUT2D eigenvalue weighted by Gasteiger charge is 2.18. The number of benzene rings is 2. The van der Waals surface area contributed by atoms with Gasteiger partial charge in [-0.25, -0.2) is 14.6 Å². The molecule has 0 saturated carbocycles. The molecule has 5 rings (SSSR count). The first-order chi connectivity index (χ1) is 16.5. The van der Waals surface area contributed by atoms with E-state index in [9.17, 15) is 4.79 Å². The summed E-state index contributed by atoms with van der Waals surface area (Å²) in [7, 11) is 1.61. The first kappa shape index (κ1) is 21.6. The molecule has 0 saturated heterocycles. The lowest BCUT2D eigenvalue weighted by molar-refractivity contribution is -0.115. The average Bonchev–Trinajstić information content (AvgIpc) is 3.43. The summed E-state index contributed by atoms with van der Waals surface area (Å²) in [5.41, 5.74) is 3.02. The Kier molecular flexibility index (Phi) is 5.69. The van der Waals surface area contributed by atoms with Crippen LogP contribution in [0.1, 0.15) is 11.3 Å². The molecule has 0 aliphatic rings. The SMILES string of the molecule is COc1ccc(CC(=O)Nc2cc(C)nn2-c2ncnc3c2cnn3-c2ccc(Cl)cc2)cc1. The van der Waals surface area contributed by atoms with E-state index in [1.165, 1.54) is 6.33 Å². The van der Waals surface area contributed by atoms with E-state index in [0.717, 1.165) is 22.7 Å². The van der Waals surface area contributed by atoms with E-state index in [0.29, 0.717) is 27.7 Å². The van der Waals surface area contributed by atoms with Gasteiger partial charge in [0, 0.05) is 11.1 Å². The molecule has 0 bridgehead atoms. The molecular weight excluding hydrogens is 454 g/mol. The van der Waals surface area contributed by atoms with Crippen molar-refractivity contribution in [3.63, 3.8) is 0 Å². The molecule has 0 aliphatic carbocycles. The van der Waals surface area contributed by atoms with E-state index < -0.39 is 0 Å². The quantitative estimate of drug-likeness (QED) is 0.397. The van der Waals surface area contributed by atoms with Gasteiger partial charge in [-0.2, -0.15) is 14.9 Å². The number of amides is 1. The van der Waals surface area contributed by atoms with E-state index in [1.807, 2.05) is 43.3 Å². The predicted molar refractivity (Wildman–Crippen MR) is 129 cm³/mol. The summed E-state index contributed by atoms with van der Waals surface area (Å²) in [5.74, 6) is 1.59. The van der Waals surface area contributed by atoms with Crippen molar-refractivity contribution in [3.8, 4) is 17.3 Å². The molecule has 170 valence electrons. The Morgan fingerprint density at radius 1 is 1.06 bits per heavy atom. The van der Waals surface area contributed by atoms with Crippen molar-refractivity contribution >= 4 is 34.4 Å². The third kappa shape index (κ3) is 4.20. The minimum Gasteiger partial charge on any atom is -0.497 e. The number of hydrogen-bond donors (Lipinski definition) is 1. The van der Waals surface area contributed by atoms with Crippen LogP contribution in [-0.2, 0) is 11.2 Å². The van der Waals surface area contributed by atoms with Crippen LogP contribution in [0, 0.1) is 6.92 Å². The van der Waals surface area contributed by atoms with Crippen LogP contribution in [0.15, 0.2) is 67.1 Å². The molecule has 5 aromatic rings. The molecule has 0 fully saturated rings. The number of carbonyl (C=O) groups excluding carboxylic acids is 1. The van der Waals surface area contributed by atoms with Crippen molar-refractivity contribution in [2.75, 3.05) is 12.4 Å². The predicted octanol–water partition coefficient (Wildman–Crippen LogP) is 4.15. The Balaban J connectivity index is 1.46. The number of fused-ring (bicyclic) bond motifs is 1. The minimum absolute atomic E-state index is 0.173. The molecule has 0 atom stereocenters. The number of hydrogen-bond acceptors (Lipinski definition) is 6. The summed E-state index contributed by atoms with van der Waals surface area (Å²) in [6.45, 7) is 1.85. The smallest absolute Gasteiger partial charge is 0.229 e. The molecule has 10 heteroatoms. The Labute approximate surface area is 200 Å². The van der Waals surface area contributed by atoms with Gasteiger partial charge in [0.15, 0.2) is 11.5 Å². The molecule has 34 heavy (non-hydrogen) atoms. The molecule has 1 amide bonds. The topological polar surface area (TPSA) is 99.8 Å². The number of nitrogens with one attached hydrogen (secondary N) is 1. The largest absolute Gasteiger partial charge is 0.497 e. The van der Waals surface area contributed by atoms with Crippen LogP contribution in [0.4, 0.5) is 5.82 Å². The maximum atomic E-state index is 12.8. The highest BCUT2D eigenvalue weighted by atomic mass is 35.5. The van der Waals surface area contributed by atoms with Gasteiger partial charge in [0.1, 0.15) is 17.9 Å². The maximum absolute atomic E-state index is 12.8. The van der Waals surface area contributed by atoms with Gasteiger partial charge >= 0.3 is 0 Å². The summed E-state index contributed by atoms with van der Waals surface area (Å²) < 4.78 is 8.47. The highest BCUT2D eigenvalue weighted by molar-refractivity contribution is 6.30. The molecule has 0 unspecified atom stereocenters. The van der Waals surface area contributed by atoms with Crippen LogP contribution in [0.2, 0.25) is 5.02 Å². The Morgan fingerprint density at radius 2 is 1.82 bits per heavy atom. The Hall–Kier alpha value is -4.24. The van der Waals surface area contributed by atoms with Crippen LogP contribution in [0.5, 0.6) is 5.75 Å². The van der Waals surface area contributed by atoms with Crippen LogP contribution < -0.4 is 10.1 Å². The van der Waals surface area contributed by atoms with Crippen LogP contribution >= 0.6 is 11.6 Å². The van der Waals surface area contributed by atoms with Crippen molar-refractivity contribution in [2.45, 2.75) is 13.3 Å². The van der Waals surface area contributed by atoms with Crippen molar-refractivity contribution < 1.29 is 9.53 Å². The van der Waals surface area contributed by atoms with Crippen molar-refractivity contribution in [2.24, 2.45) is 0 Å². The molecule has 0 spiro atoms. The first-order valence-corrected chi connectivity index (χ1v) is 10.8. The minimum atomic E-state index is -0.173. The molecular formula is C24H20ClN7O2. The number of ether oxygens (including phenoxy) is 1. The average molecular weight is 474 g/mol. The summed E-state index contributed by atoms with van der Waals surface area (Å²) >= 11 is 6.02. The molecule has 0 aliphatic heterocycles. The number of rotatable bonds is 6. The maximum Gasteiger partial charge on any atom is 0.229 e. The normalized spacial score (nSPS) is 11.0. The lowest BCUT2D eigenvalue weighted by atomic mass is 10.1. The Bertz CT molecular complexity index is 1470. The van der Waals surface area contributed by atoms with E-state index >= 15 is 0 Å². The van der Waals surface area contributed by atoms with Crippen molar-refractivity contribution in [1.29, 1.82) is 0 Å². The number of methoxy groups -OCH3 is 1. The van der Waals surface area contributed by atoms with Crippen LogP contribution in [-0.4, -0.2) is 42.5 Å². The zero-order valence-corrected chi connectivity index (χ0v) is 19.2. The second-order valence-corrected chi connectivity index (χ2v) is 8.06. The van der Waals surface area contributed by atoms with Crippen LogP contribution in [0.3, 0.4) is 0 Å². The number of aromatic nitrogens is 6. The zero-order chi connectivity index (χ0) is 23.7. The van der Waals surface area contributed by atoms with E-state index in [1.54, 1.807) is 40.9 Å². The summed E-state index contributed by atoms with van der Waals surface area (Å²) in [6.07, 6.45) is 3.34. The summed E-state index contributed by atoms with van der Waals surface area (Å²) in [5, 5.41) is 13.3. The number of anilines is 1. The Morgan fingerprint density at radius 3 is 2.56 bits per heavy atom. The number of aryl methyl sites for hydroxylation is 1. The zero-order valence-electron chi connectivity index (χ0n) is 18.4. The summed E-state index contributed by atoms with van der Waals surface area (Å²) in [4.78, 5) is 21.6. The molecule has 3 aromatic heterocycles. The fourth-order valence-electron chi connectivity index (χ4n) is 3.64. The van der Waals surface area contributed by atoms with Gasteiger partial charge in [-0.1, -0.05) is 23.7 Å². The van der Waals surface area contributed by atoms with Gasteiger partial charge in [-0.05, 0) is 48.9 Å². The van der Waals surface area contributed by atoms with Gasteiger partial charge in [-0.3, -0.25) is 4.79 Å². The lowest BCUT2D eigenvalue weighted by Gasteiger charge is -2.09. The lowest BCUT2D eigenvalue weighted by Crippen LogP contribution is -2.17. The molecule has 1 N–H and O–H groups in total. The van der Waals surface area contributed by atoms with E-state index in [-0.39, 0.29) is 12.3 Å². The van der Waals surface area contributed by atoms with E-state index in [4.69, 9.17) is 16.3 Å². The van der Waals surface area contributed by atoms with Gasteiger partial charge in [0.2, 0.25) is 5.91 Å². The van der Waals surface area contributed by atoms with Gasteiger partial charge < -0.3 is 10.1 Å². The van der Waals surface area contributed by atoms with Gasteiger partial charge in [0.05, 0.1) is 36.5 Å². The number of nitrogens with zero attached hydrogens (tertiary/aromatic N) is 6.